The van der Waals surface area contributed by atoms with Gasteiger partial charge in [-0.15, -0.1) is 0 Å². The number of aromatic nitrogens is 6. The van der Waals surface area contributed by atoms with Gasteiger partial charge in [0.1, 0.15) is 0 Å². The Hall–Kier alpha value is -8.73. The Labute approximate surface area is 359 Å². The molecule has 0 amide bonds. The van der Waals surface area contributed by atoms with Gasteiger partial charge >= 0.3 is 0 Å². The van der Waals surface area contributed by atoms with Crippen LogP contribution in [0.15, 0.2) is 212 Å². The Morgan fingerprint density at radius 3 is 1.10 bits per heavy atom. The fraction of sp³-hybridized carbons (Fsp3) is 0. The lowest BCUT2D eigenvalue weighted by atomic mass is 9.91. The predicted molar refractivity (Wildman–Crippen MR) is 248 cm³/mol. The fourth-order valence-electron chi connectivity index (χ4n) is 7.62. The average molecular weight is 794 g/mol. The van der Waals surface area contributed by atoms with Crippen LogP contribution in [-0.2, 0) is 0 Å². The molecule has 2 heterocycles. The molecule has 7 nitrogen and oxygen atoms in total. The van der Waals surface area contributed by atoms with Gasteiger partial charge in [-0.25, -0.2) is 34.7 Å². The molecule has 0 atom stereocenters. The highest BCUT2D eigenvalue weighted by atomic mass is 15.0. The smallest absolute Gasteiger partial charge is 0.187 e. The highest BCUT2D eigenvalue weighted by Gasteiger charge is 2.22. The van der Waals surface area contributed by atoms with E-state index in [0.29, 0.717) is 40.6 Å². The largest absolute Gasteiger partial charge is 0.238 e. The summed E-state index contributed by atoms with van der Waals surface area (Å²) in [5.74, 6) is 3.28. The Kier molecular flexibility index (Phi) is 10.2. The Morgan fingerprint density at radius 1 is 0.242 bits per heavy atom. The van der Waals surface area contributed by atoms with Gasteiger partial charge in [-0.2, -0.15) is 0 Å². The van der Waals surface area contributed by atoms with Gasteiger partial charge in [0.2, 0.25) is 0 Å². The van der Waals surface area contributed by atoms with Crippen molar-refractivity contribution in [1.82, 2.24) is 29.9 Å². The van der Waals surface area contributed by atoms with Gasteiger partial charge in [0.25, 0.3) is 0 Å². The van der Waals surface area contributed by atoms with Crippen LogP contribution in [0.5, 0.6) is 0 Å². The van der Waals surface area contributed by atoms with Crippen LogP contribution in [0.4, 0.5) is 5.69 Å². The van der Waals surface area contributed by atoms with Gasteiger partial charge < -0.3 is 0 Å². The minimum Gasteiger partial charge on any atom is -0.238 e. The van der Waals surface area contributed by atoms with Crippen molar-refractivity contribution in [2.45, 2.75) is 0 Å². The van der Waals surface area contributed by atoms with Crippen molar-refractivity contribution in [3.8, 4) is 102 Å². The predicted octanol–water partition coefficient (Wildman–Crippen LogP) is 13.6. The summed E-state index contributed by atoms with van der Waals surface area (Å²) >= 11 is 0. The van der Waals surface area contributed by atoms with E-state index in [9.17, 15) is 0 Å². The van der Waals surface area contributed by atoms with E-state index >= 15 is 0 Å². The maximum absolute atomic E-state index is 7.74. The Balaban J connectivity index is 1.23. The monoisotopic (exact) mass is 793 g/mol. The zero-order chi connectivity index (χ0) is 41.7. The second-order valence-corrected chi connectivity index (χ2v) is 14.6. The minimum absolute atomic E-state index is 0.508. The van der Waals surface area contributed by atoms with Crippen molar-refractivity contribution in [3.05, 3.63) is 224 Å². The molecule has 0 unspecified atom stereocenters. The maximum atomic E-state index is 7.74. The summed E-state index contributed by atoms with van der Waals surface area (Å²) < 4.78 is 0. The van der Waals surface area contributed by atoms with Gasteiger partial charge in [-0.05, 0) is 51.6 Å². The molecule has 7 heteroatoms. The lowest BCUT2D eigenvalue weighted by Gasteiger charge is -2.17. The zero-order valence-corrected chi connectivity index (χ0v) is 33.3. The van der Waals surface area contributed by atoms with Crippen LogP contribution in [0.2, 0.25) is 0 Å². The molecular formula is C55H35N7. The molecular weight excluding hydrogens is 759 g/mol. The fourth-order valence-corrected chi connectivity index (χ4v) is 7.62. The maximum Gasteiger partial charge on any atom is 0.187 e. The third kappa shape index (κ3) is 7.63. The summed E-state index contributed by atoms with van der Waals surface area (Å²) in [6, 6.07) is 70.6. The molecule has 0 spiro atoms. The van der Waals surface area contributed by atoms with Crippen LogP contribution in [0.3, 0.4) is 0 Å². The quantitative estimate of drug-likeness (QED) is 0.135. The number of benzene rings is 8. The van der Waals surface area contributed by atoms with Crippen LogP contribution >= 0.6 is 0 Å². The second kappa shape index (κ2) is 16.9. The van der Waals surface area contributed by atoms with Crippen LogP contribution in [0.1, 0.15) is 0 Å². The number of hydrogen-bond donors (Lipinski definition) is 0. The first-order chi connectivity index (χ1) is 30.7. The molecule has 0 fully saturated rings. The Bertz CT molecular complexity index is 3180. The standard InChI is InChI=1S/C55H35N7/c1-56-43-28-18-27-41(35-43)42-33-34-48(55-61-52(40-25-12-5-13-26-40)60-53(62-55)46-31-16-14-29-44(46)37-19-6-2-7-20-37)49(36-42)45-30-15-17-32-47(45)54-58-50(38-21-8-3-9-22-38)57-51(59-54)39-23-10-4-11-24-39/h2-36H. The molecule has 290 valence electrons. The van der Waals surface area contributed by atoms with Crippen LogP contribution in [-0.4, -0.2) is 29.9 Å². The summed E-state index contributed by atoms with van der Waals surface area (Å²) in [6.07, 6.45) is 0. The van der Waals surface area contributed by atoms with E-state index in [2.05, 4.69) is 59.4 Å². The van der Waals surface area contributed by atoms with E-state index in [1.54, 1.807) is 0 Å². The molecule has 0 bridgehead atoms. The van der Waals surface area contributed by atoms with Crippen molar-refractivity contribution >= 4 is 5.69 Å². The van der Waals surface area contributed by atoms with Gasteiger partial charge in [0, 0.05) is 33.4 Å². The SMILES string of the molecule is [C-]#[N+]c1cccc(-c2ccc(-c3nc(-c4ccccc4)nc(-c4ccccc4-c4ccccc4)n3)c(-c3ccccc3-c3nc(-c4ccccc4)nc(-c4ccccc4)n3)c2)c1. The molecule has 10 aromatic rings. The topological polar surface area (TPSA) is 81.7 Å². The number of nitrogens with zero attached hydrogens (tertiary/aromatic N) is 7. The summed E-state index contributed by atoms with van der Waals surface area (Å²) in [5.41, 5.74) is 11.4. The molecule has 0 saturated heterocycles. The van der Waals surface area contributed by atoms with Crippen LogP contribution in [0, 0.1) is 6.57 Å². The second-order valence-electron chi connectivity index (χ2n) is 14.6. The van der Waals surface area contributed by atoms with Crippen molar-refractivity contribution in [3.63, 3.8) is 0 Å². The highest BCUT2D eigenvalue weighted by molar-refractivity contribution is 5.92. The first-order valence-corrected chi connectivity index (χ1v) is 20.2. The number of rotatable bonds is 9. The molecule has 62 heavy (non-hydrogen) atoms. The zero-order valence-electron chi connectivity index (χ0n) is 33.3. The highest BCUT2D eigenvalue weighted by Crippen LogP contribution is 2.41. The summed E-state index contributed by atoms with van der Waals surface area (Å²) in [7, 11) is 0. The summed E-state index contributed by atoms with van der Waals surface area (Å²) in [4.78, 5) is 34.6. The van der Waals surface area contributed by atoms with E-state index in [-0.39, 0.29) is 0 Å². The van der Waals surface area contributed by atoms with Gasteiger partial charge in [0.15, 0.2) is 40.6 Å². The van der Waals surface area contributed by atoms with Gasteiger partial charge in [0.05, 0.1) is 6.57 Å². The van der Waals surface area contributed by atoms with E-state index in [0.717, 1.165) is 66.8 Å². The third-order valence-electron chi connectivity index (χ3n) is 10.6. The van der Waals surface area contributed by atoms with Crippen LogP contribution < -0.4 is 0 Å². The summed E-state index contributed by atoms with van der Waals surface area (Å²) in [5, 5.41) is 0. The molecule has 10 rings (SSSR count). The van der Waals surface area contributed by atoms with Gasteiger partial charge in [-0.3, -0.25) is 0 Å². The molecule has 0 saturated carbocycles. The van der Waals surface area contributed by atoms with E-state index in [1.807, 2.05) is 158 Å². The van der Waals surface area contributed by atoms with Crippen molar-refractivity contribution < 1.29 is 0 Å². The lowest BCUT2D eigenvalue weighted by molar-refractivity contribution is 1.07. The lowest BCUT2D eigenvalue weighted by Crippen LogP contribution is -2.03. The molecule has 8 aromatic carbocycles. The van der Waals surface area contributed by atoms with E-state index in [1.165, 1.54) is 0 Å². The molecule has 0 N–H and O–H groups in total. The number of hydrogen-bond acceptors (Lipinski definition) is 6. The first kappa shape index (κ1) is 37.5. The molecule has 0 radical (unpaired) electrons. The minimum atomic E-state index is 0.508. The van der Waals surface area contributed by atoms with E-state index in [4.69, 9.17) is 36.5 Å². The molecule has 0 aliphatic heterocycles. The van der Waals surface area contributed by atoms with Crippen LogP contribution in [0.25, 0.3) is 107 Å². The van der Waals surface area contributed by atoms with Crippen molar-refractivity contribution in [2.75, 3.05) is 0 Å². The summed E-state index contributed by atoms with van der Waals surface area (Å²) in [6.45, 7) is 7.74. The first-order valence-electron chi connectivity index (χ1n) is 20.2. The normalized spacial score (nSPS) is 10.9. The van der Waals surface area contributed by atoms with Gasteiger partial charge in [-0.1, -0.05) is 194 Å². The van der Waals surface area contributed by atoms with Crippen molar-refractivity contribution in [1.29, 1.82) is 0 Å². The third-order valence-corrected chi connectivity index (χ3v) is 10.6. The molecule has 0 aliphatic rings. The average Bonchev–Trinajstić information content (AvgIpc) is 3.37. The molecule has 0 aliphatic carbocycles. The van der Waals surface area contributed by atoms with Crippen molar-refractivity contribution in [2.24, 2.45) is 0 Å². The molecule has 2 aromatic heterocycles. The van der Waals surface area contributed by atoms with E-state index < -0.39 is 0 Å². The Morgan fingerprint density at radius 2 is 0.597 bits per heavy atom.